The van der Waals surface area contributed by atoms with Gasteiger partial charge in [0.25, 0.3) is 0 Å². The molecule has 23 heavy (non-hydrogen) atoms. The highest BCUT2D eigenvalue weighted by atomic mass is 16.5. The summed E-state index contributed by atoms with van der Waals surface area (Å²) in [4.78, 5) is 27.2. The second-order valence-electron chi connectivity index (χ2n) is 5.54. The van der Waals surface area contributed by atoms with Crippen LogP contribution in [0.4, 0.5) is 5.82 Å². The maximum atomic E-state index is 11.9. The minimum absolute atomic E-state index is 0.0384. The number of nitriles is 1. The van der Waals surface area contributed by atoms with E-state index in [1.54, 1.807) is 13.8 Å². The van der Waals surface area contributed by atoms with E-state index in [1.807, 2.05) is 6.07 Å². The Labute approximate surface area is 134 Å². The van der Waals surface area contributed by atoms with Gasteiger partial charge in [-0.2, -0.15) is 5.26 Å². The van der Waals surface area contributed by atoms with Gasteiger partial charge in [-0.05, 0) is 39.2 Å². The number of hydrogen-bond acceptors (Lipinski definition) is 6. The first-order chi connectivity index (χ1) is 11.0. The molecule has 1 aromatic rings. The van der Waals surface area contributed by atoms with E-state index in [9.17, 15) is 14.9 Å². The third kappa shape index (κ3) is 3.77. The lowest BCUT2D eigenvalue weighted by Gasteiger charge is -2.16. The zero-order chi connectivity index (χ0) is 17.0. The molecule has 1 saturated carbocycles. The van der Waals surface area contributed by atoms with Crippen molar-refractivity contribution in [3.05, 3.63) is 22.9 Å². The van der Waals surface area contributed by atoms with Gasteiger partial charge in [-0.1, -0.05) is 0 Å². The molecule has 2 atom stereocenters. The molecule has 7 heteroatoms. The molecule has 1 aromatic heterocycles. The molecule has 1 aliphatic carbocycles. The van der Waals surface area contributed by atoms with Crippen LogP contribution in [-0.2, 0) is 9.53 Å². The summed E-state index contributed by atoms with van der Waals surface area (Å²) in [5, 5.41) is 21.5. The van der Waals surface area contributed by atoms with Gasteiger partial charge < -0.3 is 15.2 Å². The smallest absolute Gasteiger partial charge is 0.340 e. The van der Waals surface area contributed by atoms with Crippen LogP contribution in [0.15, 0.2) is 6.07 Å². The SMILES string of the molecule is CCOC(=O)c1cc(C#N)c(NC2CCC(C(=O)O)C2)nc1C. The number of carbonyl (C=O) groups is 2. The molecule has 0 saturated heterocycles. The monoisotopic (exact) mass is 317 g/mol. The molecule has 2 unspecified atom stereocenters. The molecule has 0 bridgehead atoms. The van der Waals surface area contributed by atoms with Crippen LogP contribution in [0.3, 0.4) is 0 Å². The number of rotatable bonds is 5. The van der Waals surface area contributed by atoms with Crippen molar-refractivity contribution < 1.29 is 19.4 Å². The number of pyridine rings is 1. The van der Waals surface area contributed by atoms with Gasteiger partial charge in [-0.15, -0.1) is 0 Å². The Morgan fingerprint density at radius 2 is 2.26 bits per heavy atom. The van der Waals surface area contributed by atoms with Gasteiger partial charge in [-0.3, -0.25) is 4.79 Å². The number of nitrogens with one attached hydrogen (secondary N) is 1. The van der Waals surface area contributed by atoms with E-state index in [0.29, 0.717) is 30.8 Å². The average molecular weight is 317 g/mol. The number of aryl methyl sites for hydroxylation is 1. The standard InChI is InChI=1S/C16H19N3O4/c1-3-23-16(22)13-7-11(8-17)14(18-9(13)2)19-12-5-4-10(6-12)15(20)21/h7,10,12H,3-6H2,1-2H3,(H,18,19)(H,20,21). The van der Waals surface area contributed by atoms with E-state index < -0.39 is 11.9 Å². The quantitative estimate of drug-likeness (QED) is 0.800. The normalized spacial score (nSPS) is 19.9. The van der Waals surface area contributed by atoms with Gasteiger partial charge in [0.2, 0.25) is 0 Å². The maximum absolute atomic E-state index is 11.9. The fourth-order valence-corrected chi connectivity index (χ4v) is 2.75. The van der Waals surface area contributed by atoms with Crippen LogP contribution < -0.4 is 5.32 Å². The van der Waals surface area contributed by atoms with Crippen LogP contribution in [0.5, 0.6) is 0 Å². The number of aromatic nitrogens is 1. The number of anilines is 1. The van der Waals surface area contributed by atoms with E-state index in [2.05, 4.69) is 10.3 Å². The Kier molecular flexibility index (Phi) is 5.16. The Hall–Kier alpha value is -2.62. The van der Waals surface area contributed by atoms with Gasteiger partial charge in [0.1, 0.15) is 11.9 Å². The third-order valence-electron chi connectivity index (χ3n) is 3.95. The zero-order valence-corrected chi connectivity index (χ0v) is 13.1. The van der Waals surface area contributed by atoms with Gasteiger partial charge in [0, 0.05) is 6.04 Å². The van der Waals surface area contributed by atoms with Crippen molar-refractivity contribution in [1.29, 1.82) is 5.26 Å². The second-order valence-corrected chi connectivity index (χ2v) is 5.54. The molecule has 2 rings (SSSR count). The summed E-state index contributed by atoms with van der Waals surface area (Å²) in [6, 6.07) is 3.45. The molecule has 0 amide bonds. The highest BCUT2D eigenvalue weighted by Gasteiger charge is 2.30. The van der Waals surface area contributed by atoms with Crippen LogP contribution in [0.1, 0.15) is 47.8 Å². The van der Waals surface area contributed by atoms with E-state index in [0.717, 1.165) is 0 Å². The Balaban J connectivity index is 2.20. The predicted octanol–water partition coefficient (Wildman–Crippen LogP) is 2.10. The number of nitrogens with zero attached hydrogens (tertiary/aromatic N) is 2. The summed E-state index contributed by atoms with van der Waals surface area (Å²) in [7, 11) is 0. The third-order valence-corrected chi connectivity index (χ3v) is 3.95. The summed E-state index contributed by atoms with van der Waals surface area (Å²) in [6.07, 6.45) is 1.82. The van der Waals surface area contributed by atoms with Crippen molar-refractivity contribution in [2.24, 2.45) is 5.92 Å². The van der Waals surface area contributed by atoms with E-state index in [-0.39, 0.29) is 29.7 Å². The maximum Gasteiger partial charge on any atom is 0.340 e. The summed E-state index contributed by atoms with van der Waals surface area (Å²) >= 11 is 0. The number of carboxylic acids is 1. The van der Waals surface area contributed by atoms with Crippen LogP contribution in [-0.4, -0.2) is 34.7 Å². The molecule has 7 nitrogen and oxygen atoms in total. The zero-order valence-electron chi connectivity index (χ0n) is 13.1. The van der Waals surface area contributed by atoms with Crippen molar-refractivity contribution in [3.8, 4) is 6.07 Å². The van der Waals surface area contributed by atoms with E-state index >= 15 is 0 Å². The Morgan fingerprint density at radius 1 is 1.52 bits per heavy atom. The number of carboxylic acid groups (broad SMARTS) is 1. The fourth-order valence-electron chi connectivity index (χ4n) is 2.75. The molecule has 1 fully saturated rings. The van der Waals surface area contributed by atoms with Crippen molar-refractivity contribution >= 4 is 17.8 Å². The molecule has 122 valence electrons. The molecule has 1 heterocycles. The molecular weight excluding hydrogens is 298 g/mol. The molecular formula is C16H19N3O4. The molecule has 0 aromatic carbocycles. The Bertz CT molecular complexity index is 666. The van der Waals surface area contributed by atoms with Crippen LogP contribution in [0.25, 0.3) is 0 Å². The minimum Gasteiger partial charge on any atom is -0.481 e. The van der Waals surface area contributed by atoms with Gasteiger partial charge >= 0.3 is 11.9 Å². The molecule has 1 aliphatic rings. The first-order valence-electron chi connectivity index (χ1n) is 7.54. The topological polar surface area (TPSA) is 112 Å². The van der Waals surface area contributed by atoms with Crippen molar-refractivity contribution in [1.82, 2.24) is 4.98 Å². The highest BCUT2D eigenvalue weighted by molar-refractivity contribution is 5.91. The van der Waals surface area contributed by atoms with Gasteiger partial charge in [-0.25, -0.2) is 9.78 Å². The number of hydrogen-bond donors (Lipinski definition) is 2. The van der Waals surface area contributed by atoms with E-state index in [4.69, 9.17) is 9.84 Å². The fraction of sp³-hybridized carbons (Fsp3) is 0.500. The van der Waals surface area contributed by atoms with Gasteiger partial charge in [0.15, 0.2) is 0 Å². The predicted molar refractivity (Wildman–Crippen MR) is 82.0 cm³/mol. The van der Waals surface area contributed by atoms with E-state index in [1.165, 1.54) is 6.07 Å². The van der Waals surface area contributed by atoms with Crippen LogP contribution in [0.2, 0.25) is 0 Å². The van der Waals surface area contributed by atoms with Crippen LogP contribution in [0, 0.1) is 24.2 Å². The van der Waals surface area contributed by atoms with Crippen molar-refractivity contribution in [3.63, 3.8) is 0 Å². The lowest BCUT2D eigenvalue weighted by Crippen LogP contribution is -2.20. The van der Waals surface area contributed by atoms with Gasteiger partial charge in [0.05, 0.1) is 29.3 Å². The molecule has 0 spiro atoms. The van der Waals surface area contributed by atoms with Crippen molar-refractivity contribution in [2.75, 3.05) is 11.9 Å². The number of aliphatic carboxylic acids is 1. The highest BCUT2D eigenvalue weighted by Crippen LogP contribution is 2.29. The first kappa shape index (κ1) is 16.7. The number of esters is 1. The minimum atomic E-state index is -0.795. The largest absolute Gasteiger partial charge is 0.481 e. The molecule has 0 radical (unpaired) electrons. The number of ether oxygens (including phenoxy) is 1. The average Bonchev–Trinajstić information content (AvgIpc) is 2.96. The summed E-state index contributed by atoms with van der Waals surface area (Å²) in [5.74, 6) is -1.28. The van der Waals surface area contributed by atoms with Crippen LogP contribution >= 0.6 is 0 Å². The molecule has 2 N–H and O–H groups in total. The molecule has 0 aliphatic heterocycles. The Morgan fingerprint density at radius 3 is 2.83 bits per heavy atom. The lowest BCUT2D eigenvalue weighted by atomic mass is 10.1. The number of carbonyl (C=O) groups excluding carboxylic acids is 1. The second kappa shape index (κ2) is 7.09. The lowest BCUT2D eigenvalue weighted by molar-refractivity contribution is -0.141. The summed E-state index contributed by atoms with van der Waals surface area (Å²) in [5.41, 5.74) is 0.985. The summed E-state index contributed by atoms with van der Waals surface area (Å²) in [6.45, 7) is 3.63. The summed E-state index contributed by atoms with van der Waals surface area (Å²) < 4.78 is 4.95. The first-order valence-corrected chi connectivity index (χ1v) is 7.54. The van der Waals surface area contributed by atoms with Crippen molar-refractivity contribution in [2.45, 2.75) is 39.2 Å².